The van der Waals surface area contributed by atoms with Gasteiger partial charge in [-0.3, -0.25) is 0 Å². The summed E-state index contributed by atoms with van der Waals surface area (Å²) in [6.45, 7) is 8.72. The number of rotatable bonds is 3. The van der Waals surface area contributed by atoms with Gasteiger partial charge >= 0.3 is 0 Å². The van der Waals surface area contributed by atoms with Crippen molar-refractivity contribution in [3.63, 3.8) is 0 Å². The molecule has 0 unspecified atom stereocenters. The van der Waals surface area contributed by atoms with E-state index in [0.29, 0.717) is 5.57 Å². The summed E-state index contributed by atoms with van der Waals surface area (Å²) in [5.41, 5.74) is 1.32. The molecular weight excluding hydrogens is 124 g/mol. The Kier molecular flexibility index (Phi) is 3.94. The van der Waals surface area contributed by atoms with Gasteiger partial charge in [0, 0.05) is 5.57 Å². The first kappa shape index (κ1) is 8.67. The van der Waals surface area contributed by atoms with Crippen molar-refractivity contribution < 1.29 is 4.79 Å². The predicted octanol–water partition coefficient (Wildman–Crippen LogP) is 2.06. The van der Waals surface area contributed by atoms with Crippen LogP contribution in [0.25, 0.3) is 0 Å². The molecule has 0 fully saturated rings. The molecule has 0 aromatic carbocycles. The summed E-state index contributed by atoms with van der Waals surface area (Å²) in [7, 11) is 0. The van der Waals surface area contributed by atoms with Crippen LogP contribution in [-0.4, -0.2) is 5.94 Å². The van der Waals surface area contributed by atoms with E-state index in [9.17, 15) is 4.79 Å². The van der Waals surface area contributed by atoms with Crippen LogP contribution in [0.2, 0.25) is 0 Å². The van der Waals surface area contributed by atoms with E-state index in [0.717, 1.165) is 5.57 Å². The van der Waals surface area contributed by atoms with E-state index < -0.39 is 0 Å². The highest BCUT2D eigenvalue weighted by Gasteiger charge is 1.91. The fourth-order valence-electron chi connectivity index (χ4n) is 0.532. The lowest BCUT2D eigenvalue weighted by Crippen LogP contribution is -1.79. The molecule has 0 spiro atoms. The Morgan fingerprint density at radius 1 is 1.50 bits per heavy atom. The highest BCUT2D eigenvalue weighted by Crippen LogP contribution is 2.05. The maximum atomic E-state index is 10.1. The molecule has 0 aliphatic heterocycles. The Morgan fingerprint density at radius 3 is 2.40 bits per heavy atom. The second kappa shape index (κ2) is 4.54. The lowest BCUT2D eigenvalue weighted by molar-refractivity contribution is 0.567. The number of allylic oxidation sites excluding steroid dienone is 5. The molecule has 0 bridgehead atoms. The minimum Gasteiger partial charge on any atom is -0.233 e. The van der Waals surface area contributed by atoms with Gasteiger partial charge < -0.3 is 0 Å². The van der Waals surface area contributed by atoms with Crippen LogP contribution in [0.4, 0.5) is 0 Å². The highest BCUT2D eigenvalue weighted by atomic mass is 16.1. The molecule has 0 heterocycles. The van der Waals surface area contributed by atoms with Crippen molar-refractivity contribution in [1.82, 2.24) is 0 Å². The van der Waals surface area contributed by atoms with Gasteiger partial charge in [0.1, 0.15) is 5.94 Å². The van der Waals surface area contributed by atoms with E-state index in [1.807, 2.05) is 0 Å². The van der Waals surface area contributed by atoms with Crippen LogP contribution in [-0.2, 0) is 4.79 Å². The quantitative estimate of drug-likeness (QED) is 0.426. The molecule has 10 heavy (non-hydrogen) atoms. The van der Waals surface area contributed by atoms with Crippen LogP contribution in [0.15, 0.2) is 42.5 Å². The summed E-state index contributed by atoms with van der Waals surface area (Å²) < 4.78 is 0. The maximum Gasteiger partial charge on any atom is 0.128 e. The lowest BCUT2D eigenvalue weighted by atomic mass is 10.1. The number of hydrogen-bond acceptors (Lipinski definition) is 1. The second-order valence-electron chi connectivity index (χ2n) is 1.79. The fourth-order valence-corrected chi connectivity index (χ4v) is 0.532. The molecule has 0 saturated heterocycles. The molecule has 1 heteroatoms. The number of carbonyl (C=O) groups excluding carboxylic acids is 1. The van der Waals surface area contributed by atoms with Gasteiger partial charge in [0.2, 0.25) is 0 Å². The summed E-state index contributed by atoms with van der Waals surface area (Å²) >= 11 is 0. The van der Waals surface area contributed by atoms with Crippen LogP contribution in [0, 0.1) is 0 Å². The van der Waals surface area contributed by atoms with Crippen molar-refractivity contribution in [2.45, 2.75) is 6.92 Å². The minimum absolute atomic E-state index is 0.551. The maximum absolute atomic E-state index is 10.1. The zero-order chi connectivity index (χ0) is 7.98. The first-order chi connectivity index (χ1) is 4.76. The smallest absolute Gasteiger partial charge is 0.128 e. The molecule has 0 atom stereocenters. The van der Waals surface area contributed by atoms with Crippen molar-refractivity contribution in [2.75, 3.05) is 0 Å². The van der Waals surface area contributed by atoms with Crippen molar-refractivity contribution in [2.24, 2.45) is 0 Å². The number of hydrogen-bond donors (Lipinski definition) is 0. The summed E-state index contributed by atoms with van der Waals surface area (Å²) in [5, 5.41) is 0. The predicted molar refractivity (Wildman–Crippen MR) is 43.4 cm³/mol. The van der Waals surface area contributed by atoms with Gasteiger partial charge in [-0.1, -0.05) is 31.4 Å². The van der Waals surface area contributed by atoms with Crippen molar-refractivity contribution in [1.29, 1.82) is 0 Å². The van der Waals surface area contributed by atoms with Gasteiger partial charge in [-0.2, -0.15) is 0 Å². The van der Waals surface area contributed by atoms with E-state index in [-0.39, 0.29) is 0 Å². The van der Waals surface area contributed by atoms with Gasteiger partial charge in [0.25, 0.3) is 0 Å². The molecule has 0 saturated carbocycles. The zero-order valence-electron chi connectivity index (χ0n) is 6.05. The van der Waals surface area contributed by atoms with Gasteiger partial charge in [-0.25, -0.2) is 4.79 Å². The van der Waals surface area contributed by atoms with Gasteiger partial charge in [0.05, 0.1) is 0 Å². The van der Waals surface area contributed by atoms with Gasteiger partial charge in [-0.05, 0) is 12.5 Å². The Hall–Kier alpha value is -1.33. The second-order valence-corrected chi connectivity index (χ2v) is 1.79. The topological polar surface area (TPSA) is 17.1 Å². The molecule has 52 valence electrons. The minimum atomic E-state index is 0.551. The Morgan fingerprint density at radius 2 is 2.10 bits per heavy atom. The third-order valence-corrected chi connectivity index (χ3v) is 1.10. The van der Waals surface area contributed by atoms with E-state index in [1.165, 1.54) is 0 Å². The van der Waals surface area contributed by atoms with E-state index in [4.69, 9.17) is 0 Å². The van der Waals surface area contributed by atoms with Crippen molar-refractivity contribution in [3.05, 3.63) is 42.5 Å². The lowest BCUT2D eigenvalue weighted by Gasteiger charge is -1.92. The third kappa shape index (κ3) is 2.29. The zero-order valence-corrected chi connectivity index (χ0v) is 6.05. The summed E-state index contributed by atoms with van der Waals surface area (Å²) in [6, 6.07) is 0. The van der Waals surface area contributed by atoms with Crippen LogP contribution >= 0.6 is 0 Å². The normalized spacial score (nSPS) is 9.90. The first-order valence-electron chi connectivity index (χ1n) is 2.93. The molecule has 0 amide bonds. The van der Waals surface area contributed by atoms with Crippen LogP contribution in [0.1, 0.15) is 6.92 Å². The summed E-state index contributed by atoms with van der Waals surface area (Å²) in [6.07, 6.45) is 4.92. The fraction of sp³-hybridized carbons (Fsp3) is 0.111. The van der Waals surface area contributed by atoms with Crippen molar-refractivity contribution >= 4 is 5.94 Å². The molecule has 1 nitrogen and oxygen atoms in total. The average molecular weight is 134 g/mol. The molecular formula is C9H10O. The molecule has 0 aliphatic carbocycles. The van der Waals surface area contributed by atoms with Crippen LogP contribution in [0.5, 0.6) is 0 Å². The Balaban J connectivity index is 4.68. The first-order valence-corrected chi connectivity index (χ1v) is 2.93. The average Bonchev–Trinajstić information content (AvgIpc) is 1.99. The molecule has 0 aromatic heterocycles. The van der Waals surface area contributed by atoms with Gasteiger partial charge in [0.15, 0.2) is 0 Å². The summed E-state index contributed by atoms with van der Waals surface area (Å²) in [5.74, 6) is 1.78. The van der Waals surface area contributed by atoms with Crippen molar-refractivity contribution in [3.8, 4) is 0 Å². The molecule has 0 N–H and O–H groups in total. The van der Waals surface area contributed by atoms with E-state index in [2.05, 4.69) is 13.2 Å². The molecule has 0 aliphatic rings. The largest absolute Gasteiger partial charge is 0.233 e. The molecule has 0 aromatic rings. The molecule has 0 rings (SSSR count). The summed E-state index contributed by atoms with van der Waals surface area (Å²) in [4.78, 5) is 10.1. The van der Waals surface area contributed by atoms with E-state index >= 15 is 0 Å². The van der Waals surface area contributed by atoms with Crippen LogP contribution in [0.3, 0.4) is 0 Å². The third-order valence-electron chi connectivity index (χ3n) is 1.10. The van der Waals surface area contributed by atoms with E-state index in [1.54, 1.807) is 31.1 Å². The molecule has 0 radical (unpaired) electrons. The SMILES string of the molecule is C=C/C=C(\C=C)C(C)=C=O. The standard InChI is InChI=1S/C9H10O/c1-4-6-9(5-2)8(3)7-10/h4-6H,1-2H2,3H3/b9-6+. The monoisotopic (exact) mass is 134 g/mol. The Labute approximate surface area is 61.1 Å². The highest BCUT2D eigenvalue weighted by molar-refractivity contribution is 5.62. The Bertz CT molecular complexity index is 215. The van der Waals surface area contributed by atoms with Crippen LogP contribution < -0.4 is 0 Å². The van der Waals surface area contributed by atoms with Gasteiger partial charge in [-0.15, -0.1) is 0 Å².